The molecule has 4 heteroatoms. The highest BCUT2D eigenvalue weighted by Crippen LogP contribution is 2.35. The Balaban J connectivity index is 2.10. The van der Waals surface area contributed by atoms with Crippen LogP contribution in [0.25, 0.3) is 10.9 Å². The van der Waals surface area contributed by atoms with Crippen molar-refractivity contribution < 1.29 is 14.3 Å². The van der Waals surface area contributed by atoms with Crippen LogP contribution in [0.3, 0.4) is 0 Å². The van der Waals surface area contributed by atoms with E-state index in [1.165, 1.54) is 7.11 Å². The van der Waals surface area contributed by atoms with Crippen LogP contribution in [0.5, 0.6) is 0 Å². The summed E-state index contributed by atoms with van der Waals surface area (Å²) >= 11 is 0. The molecule has 2 aromatic rings. The molecule has 0 unspecified atom stereocenters. The molecule has 0 spiro atoms. The molecule has 94 valence electrons. The van der Waals surface area contributed by atoms with E-state index in [9.17, 15) is 4.79 Å². The monoisotopic (exact) mass is 245 g/mol. The Morgan fingerprint density at radius 3 is 2.78 bits per heavy atom. The van der Waals surface area contributed by atoms with Gasteiger partial charge in [0.05, 0.1) is 20.3 Å². The number of aryl methyl sites for hydroxylation is 1. The molecule has 1 aromatic heterocycles. The van der Waals surface area contributed by atoms with Crippen LogP contribution in [0.1, 0.15) is 5.56 Å². The first-order valence-corrected chi connectivity index (χ1v) is 5.89. The Bertz CT molecular complexity index is 611. The number of carbonyl (C=O) groups is 1. The molecule has 2 heterocycles. The molecule has 1 aromatic carbocycles. The van der Waals surface area contributed by atoms with Crippen molar-refractivity contribution in [3.05, 3.63) is 36.0 Å². The van der Waals surface area contributed by atoms with Gasteiger partial charge in [0.15, 0.2) is 0 Å². The average molecular weight is 245 g/mol. The predicted octanol–water partition coefficient (Wildman–Crippen LogP) is 1.62. The number of esters is 1. The number of carbonyl (C=O) groups excluding carboxylic acids is 1. The van der Waals surface area contributed by atoms with Gasteiger partial charge in [0.1, 0.15) is 5.41 Å². The van der Waals surface area contributed by atoms with E-state index >= 15 is 0 Å². The highest BCUT2D eigenvalue weighted by atomic mass is 16.5. The molecule has 0 atom stereocenters. The molecule has 1 saturated heterocycles. The number of fused-ring (bicyclic) bond motifs is 1. The molecule has 0 amide bonds. The van der Waals surface area contributed by atoms with Crippen LogP contribution >= 0.6 is 0 Å². The summed E-state index contributed by atoms with van der Waals surface area (Å²) < 4.78 is 12.2. The van der Waals surface area contributed by atoms with E-state index in [2.05, 4.69) is 10.6 Å². The fraction of sp³-hybridized carbons (Fsp3) is 0.357. The molecule has 4 nitrogen and oxygen atoms in total. The van der Waals surface area contributed by atoms with E-state index in [1.807, 2.05) is 31.4 Å². The van der Waals surface area contributed by atoms with Crippen LogP contribution < -0.4 is 0 Å². The molecule has 1 fully saturated rings. The van der Waals surface area contributed by atoms with Crippen LogP contribution in [0.15, 0.2) is 30.5 Å². The Hall–Kier alpha value is -1.81. The van der Waals surface area contributed by atoms with E-state index in [-0.39, 0.29) is 5.97 Å². The number of methoxy groups -OCH3 is 1. The zero-order chi connectivity index (χ0) is 12.8. The predicted molar refractivity (Wildman–Crippen MR) is 67.4 cm³/mol. The zero-order valence-corrected chi connectivity index (χ0v) is 10.5. The largest absolute Gasteiger partial charge is 0.468 e. The first-order chi connectivity index (χ1) is 8.67. The molecule has 1 aliphatic rings. The van der Waals surface area contributed by atoms with Crippen molar-refractivity contribution in [2.75, 3.05) is 20.3 Å². The molecular weight excluding hydrogens is 230 g/mol. The van der Waals surface area contributed by atoms with Crippen molar-refractivity contribution in [2.24, 2.45) is 7.05 Å². The molecule has 0 aliphatic carbocycles. The fourth-order valence-electron chi connectivity index (χ4n) is 2.48. The van der Waals surface area contributed by atoms with E-state index < -0.39 is 5.41 Å². The minimum Gasteiger partial charge on any atom is -0.468 e. The van der Waals surface area contributed by atoms with Crippen LogP contribution in [0.2, 0.25) is 0 Å². The number of nitrogens with zero attached hydrogens (tertiary/aromatic N) is 1. The second-order valence-electron chi connectivity index (χ2n) is 4.77. The molecule has 0 N–H and O–H groups in total. The number of benzene rings is 1. The van der Waals surface area contributed by atoms with E-state index in [0.717, 1.165) is 16.5 Å². The normalized spacial score (nSPS) is 17.4. The number of rotatable bonds is 2. The van der Waals surface area contributed by atoms with Gasteiger partial charge in [-0.3, -0.25) is 4.79 Å². The SMILES string of the molecule is COC(=O)C1(c2ccc3c(ccn3C)c2)COC1. The van der Waals surface area contributed by atoms with Gasteiger partial charge in [-0.25, -0.2) is 0 Å². The molecule has 1 aliphatic heterocycles. The Kier molecular flexibility index (Phi) is 2.41. The average Bonchev–Trinajstić information content (AvgIpc) is 2.69. The summed E-state index contributed by atoms with van der Waals surface area (Å²) in [7, 11) is 3.42. The first kappa shape index (κ1) is 11.3. The summed E-state index contributed by atoms with van der Waals surface area (Å²) in [5, 5.41) is 1.13. The van der Waals surface area contributed by atoms with Crippen molar-refractivity contribution in [3.8, 4) is 0 Å². The number of aromatic nitrogens is 1. The third-order valence-corrected chi connectivity index (χ3v) is 3.71. The molecular formula is C14H15NO3. The van der Waals surface area contributed by atoms with Crippen LogP contribution in [0, 0.1) is 0 Å². The minimum absolute atomic E-state index is 0.218. The third kappa shape index (κ3) is 1.39. The molecule has 3 rings (SSSR count). The quantitative estimate of drug-likeness (QED) is 0.755. The molecule has 18 heavy (non-hydrogen) atoms. The maximum atomic E-state index is 12.0. The Morgan fingerprint density at radius 1 is 1.39 bits per heavy atom. The zero-order valence-electron chi connectivity index (χ0n) is 10.5. The van der Waals surface area contributed by atoms with Crippen molar-refractivity contribution in [3.63, 3.8) is 0 Å². The smallest absolute Gasteiger partial charge is 0.321 e. The second-order valence-corrected chi connectivity index (χ2v) is 4.77. The summed E-state index contributed by atoms with van der Waals surface area (Å²) in [5.74, 6) is -0.218. The lowest BCUT2D eigenvalue weighted by Crippen LogP contribution is -2.53. The van der Waals surface area contributed by atoms with Crippen LogP contribution in [-0.4, -0.2) is 30.9 Å². The summed E-state index contributed by atoms with van der Waals surface area (Å²) in [6.07, 6.45) is 2.01. The van der Waals surface area contributed by atoms with Gasteiger partial charge >= 0.3 is 5.97 Å². The fourth-order valence-corrected chi connectivity index (χ4v) is 2.48. The molecule has 0 radical (unpaired) electrons. The van der Waals surface area contributed by atoms with Gasteiger partial charge in [0, 0.05) is 18.8 Å². The lowest BCUT2D eigenvalue weighted by atomic mass is 9.78. The minimum atomic E-state index is -0.612. The van der Waals surface area contributed by atoms with Gasteiger partial charge in [0.2, 0.25) is 0 Å². The van der Waals surface area contributed by atoms with Crippen LogP contribution in [0.4, 0.5) is 0 Å². The topological polar surface area (TPSA) is 40.5 Å². The summed E-state index contributed by atoms with van der Waals surface area (Å²) in [4.78, 5) is 12.0. The van der Waals surface area contributed by atoms with Crippen molar-refractivity contribution in [2.45, 2.75) is 5.41 Å². The first-order valence-electron chi connectivity index (χ1n) is 5.89. The van der Waals surface area contributed by atoms with E-state index in [4.69, 9.17) is 9.47 Å². The van der Waals surface area contributed by atoms with Gasteiger partial charge in [0.25, 0.3) is 0 Å². The number of hydrogen-bond acceptors (Lipinski definition) is 3. The second kappa shape index (κ2) is 3.85. The maximum absolute atomic E-state index is 12.0. The summed E-state index contributed by atoms with van der Waals surface area (Å²) in [5.41, 5.74) is 1.51. The van der Waals surface area contributed by atoms with Crippen molar-refractivity contribution >= 4 is 16.9 Å². The Morgan fingerprint density at radius 2 is 2.17 bits per heavy atom. The highest BCUT2D eigenvalue weighted by molar-refractivity contribution is 5.88. The number of hydrogen-bond donors (Lipinski definition) is 0. The van der Waals surface area contributed by atoms with Crippen molar-refractivity contribution in [1.29, 1.82) is 0 Å². The van der Waals surface area contributed by atoms with Crippen molar-refractivity contribution in [1.82, 2.24) is 4.57 Å². The van der Waals surface area contributed by atoms with E-state index in [1.54, 1.807) is 0 Å². The molecule has 0 bridgehead atoms. The van der Waals surface area contributed by atoms with Gasteiger partial charge in [-0.1, -0.05) is 6.07 Å². The maximum Gasteiger partial charge on any atom is 0.321 e. The Labute approximate surface area is 105 Å². The van der Waals surface area contributed by atoms with Crippen LogP contribution in [-0.2, 0) is 26.7 Å². The number of ether oxygens (including phenoxy) is 2. The van der Waals surface area contributed by atoms with Gasteiger partial charge < -0.3 is 14.0 Å². The summed E-state index contributed by atoms with van der Waals surface area (Å²) in [6, 6.07) is 8.12. The summed E-state index contributed by atoms with van der Waals surface area (Å²) in [6.45, 7) is 0.802. The third-order valence-electron chi connectivity index (χ3n) is 3.71. The highest BCUT2D eigenvalue weighted by Gasteiger charge is 2.48. The molecule has 0 saturated carbocycles. The van der Waals surface area contributed by atoms with Gasteiger partial charge in [-0.2, -0.15) is 0 Å². The lowest BCUT2D eigenvalue weighted by molar-refractivity contribution is -0.166. The lowest BCUT2D eigenvalue weighted by Gasteiger charge is -2.38. The van der Waals surface area contributed by atoms with Gasteiger partial charge in [-0.15, -0.1) is 0 Å². The van der Waals surface area contributed by atoms with E-state index in [0.29, 0.717) is 13.2 Å². The standard InChI is InChI=1S/C14H15NO3/c1-15-6-5-10-7-11(3-4-12(10)15)14(8-18-9-14)13(16)17-2/h3-7H,8-9H2,1-2H3. The van der Waals surface area contributed by atoms with Gasteiger partial charge in [-0.05, 0) is 29.1 Å².